The first-order valence-electron chi connectivity index (χ1n) is 7.80. The van der Waals surface area contributed by atoms with Gasteiger partial charge in [-0.15, -0.1) is 11.3 Å². The Bertz CT molecular complexity index is 711. The van der Waals surface area contributed by atoms with Gasteiger partial charge in [0.1, 0.15) is 15.7 Å². The first-order chi connectivity index (χ1) is 10.6. The van der Waals surface area contributed by atoms with Gasteiger partial charge in [-0.25, -0.2) is 9.97 Å². The molecule has 3 rings (SSSR count). The van der Waals surface area contributed by atoms with Crippen molar-refractivity contribution < 1.29 is 4.79 Å². The van der Waals surface area contributed by atoms with Crippen molar-refractivity contribution in [3.63, 3.8) is 0 Å². The summed E-state index contributed by atoms with van der Waals surface area (Å²) in [5, 5.41) is 2.12. The van der Waals surface area contributed by atoms with E-state index in [9.17, 15) is 4.79 Å². The zero-order valence-corrected chi connectivity index (χ0v) is 14.6. The SMILES string of the molecule is CCCc1nc(SCC(N)=O)c2c3c(sc2n1)CC(C)CC3. The van der Waals surface area contributed by atoms with Crippen LogP contribution in [-0.4, -0.2) is 21.6 Å². The Labute approximate surface area is 138 Å². The van der Waals surface area contributed by atoms with Gasteiger partial charge < -0.3 is 5.73 Å². The highest BCUT2D eigenvalue weighted by molar-refractivity contribution is 8.00. The van der Waals surface area contributed by atoms with E-state index in [1.54, 1.807) is 0 Å². The Kier molecular flexibility index (Phi) is 4.68. The number of carbonyl (C=O) groups is 1. The van der Waals surface area contributed by atoms with Crippen molar-refractivity contribution in [2.24, 2.45) is 11.7 Å². The Morgan fingerprint density at radius 2 is 2.27 bits per heavy atom. The number of thiophene rings is 1. The van der Waals surface area contributed by atoms with Crippen molar-refractivity contribution in [1.29, 1.82) is 0 Å². The van der Waals surface area contributed by atoms with Crippen LogP contribution in [0, 0.1) is 5.92 Å². The molecule has 6 heteroatoms. The van der Waals surface area contributed by atoms with Gasteiger partial charge in [-0.1, -0.05) is 25.6 Å². The molecule has 0 aromatic carbocycles. The summed E-state index contributed by atoms with van der Waals surface area (Å²) in [5.74, 6) is 1.60. The fourth-order valence-electron chi connectivity index (χ4n) is 2.93. The minimum Gasteiger partial charge on any atom is -0.369 e. The molecule has 0 saturated heterocycles. The number of thioether (sulfide) groups is 1. The molecular formula is C16H21N3OS2. The molecule has 4 nitrogen and oxygen atoms in total. The molecule has 2 heterocycles. The lowest BCUT2D eigenvalue weighted by Crippen LogP contribution is -2.13. The summed E-state index contributed by atoms with van der Waals surface area (Å²) in [6.07, 6.45) is 5.35. The zero-order valence-electron chi connectivity index (χ0n) is 13.0. The minimum absolute atomic E-state index is 0.276. The Hall–Kier alpha value is -1.14. The van der Waals surface area contributed by atoms with E-state index in [1.165, 1.54) is 34.0 Å². The van der Waals surface area contributed by atoms with Crippen LogP contribution >= 0.6 is 23.1 Å². The molecule has 1 unspecified atom stereocenters. The van der Waals surface area contributed by atoms with Crippen molar-refractivity contribution in [3.8, 4) is 0 Å². The second-order valence-corrected chi connectivity index (χ2v) is 8.03. The molecule has 0 bridgehead atoms. The average molecular weight is 335 g/mol. The number of fused-ring (bicyclic) bond motifs is 3. The third kappa shape index (κ3) is 3.13. The van der Waals surface area contributed by atoms with Crippen molar-refractivity contribution in [2.45, 2.75) is 51.0 Å². The number of aryl methyl sites for hydroxylation is 2. The van der Waals surface area contributed by atoms with E-state index in [-0.39, 0.29) is 11.7 Å². The Morgan fingerprint density at radius 3 is 3.00 bits per heavy atom. The molecule has 1 atom stereocenters. The average Bonchev–Trinajstić information content (AvgIpc) is 2.82. The van der Waals surface area contributed by atoms with Gasteiger partial charge in [-0.3, -0.25) is 4.79 Å². The number of aromatic nitrogens is 2. The second kappa shape index (κ2) is 6.54. The largest absolute Gasteiger partial charge is 0.369 e. The summed E-state index contributed by atoms with van der Waals surface area (Å²) < 4.78 is 0. The van der Waals surface area contributed by atoms with Crippen LogP contribution in [0.15, 0.2) is 5.03 Å². The third-order valence-electron chi connectivity index (χ3n) is 3.99. The van der Waals surface area contributed by atoms with Gasteiger partial charge in [0, 0.05) is 16.7 Å². The molecule has 1 amide bonds. The molecule has 22 heavy (non-hydrogen) atoms. The van der Waals surface area contributed by atoms with Crippen LogP contribution in [0.3, 0.4) is 0 Å². The van der Waals surface area contributed by atoms with Gasteiger partial charge in [-0.05, 0) is 37.2 Å². The first kappa shape index (κ1) is 15.7. The number of nitrogens with zero attached hydrogens (tertiary/aromatic N) is 2. The summed E-state index contributed by atoms with van der Waals surface area (Å²) in [6, 6.07) is 0. The number of hydrogen-bond donors (Lipinski definition) is 1. The maximum atomic E-state index is 11.1. The van der Waals surface area contributed by atoms with E-state index >= 15 is 0 Å². The molecule has 0 fully saturated rings. The Balaban J connectivity index is 2.09. The molecular weight excluding hydrogens is 314 g/mol. The molecule has 2 aromatic heterocycles. The monoisotopic (exact) mass is 335 g/mol. The van der Waals surface area contributed by atoms with Crippen LogP contribution in [0.4, 0.5) is 0 Å². The maximum absolute atomic E-state index is 11.1. The quantitative estimate of drug-likeness (QED) is 0.672. The summed E-state index contributed by atoms with van der Waals surface area (Å²) in [4.78, 5) is 23.2. The van der Waals surface area contributed by atoms with Crippen LogP contribution in [0.1, 0.15) is 43.0 Å². The maximum Gasteiger partial charge on any atom is 0.227 e. The normalized spacial score (nSPS) is 17.6. The topological polar surface area (TPSA) is 68.9 Å². The minimum atomic E-state index is -0.300. The van der Waals surface area contributed by atoms with Crippen LogP contribution in [0.25, 0.3) is 10.2 Å². The number of nitrogens with two attached hydrogens (primary N) is 1. The molecule has 1 aliphatic carbocycles. The van der Waals surface area contributed by atoms with Gasteiger partial charge in [0.2, 0.25) is 5.91 Å². The van der Waals surface area contributed by atoms with Crippen molar-refractivity contribution >= 4 is 39.2 Å². The van der Waals surface area contributed by atoms with Crippen LogP contribution < -0.4 is 5.73 Å². The third-order valence-corrected chi connectivity index (χ3v) is 6.14. The van der Waals surface area contributed by atoms with Gasteiger partial charge in [0.05, 0.1) is 5.75 Å². The predicted octanol–water partition coefficient (Wildman–Crippen LogP) is 3.35. The van der Waals surface area contributed by atoms with Gasteiger partial charge in [-0.2, -0.15) is 0 Å². The highest BCUT2D eigenvalue weighted by Crippen LogP contribution is 2.40. The summed E-state index contributed by atoms with van der Waals surface area (Å²) in [6.45, 7) is 4.44. The lowest BCUT2D eigenvalue weighted by atomic mass is 9.89. The van der Waals surface area contributed by atoms with Crippen molar-refractivity contribution in [2.75, 3.05) is 5.75 Å². The Morgan fingerprint density at radius 1 is 1.45 bits per heavy atom. The summed E-state index contributed by atoms with van der Waals surface area (Å²) in [5.41, 5.74) is 6.72. The standard InChI is InChI=1S/C16H21N3OS2/c1-3-4-13-18-15(21-8-12(17)20)14-10-6-5-9(2)7-11(10)22-16(14)19-13/h9H,3-8H2,1-2H3,(H2,17,20). The summed E-state index contributed by atoms with van der Waals surface area (Å²) >= 11 is 3.27. The fourth-order valence-corrected chi connectivity index (χ4v) is 5.21. The van der Waals surface area contributed by atoms with Crippen molar-refractivity contribution in [3.05, 3.63) is 16.3 Å². The first-order valence-corrected chi connectivity index (χ1v) is 9.61. The zero-order chi connectivity index (χ0) is 15.7. The van der Waals surface area contributed by atoms with Gasteiger partial charge >= 0.3 is 0 Å². The number of amides is 1. The molecule has 2 N–H and O–H groups in total. The highest BCUT2D eigenvalue weighted by Gasteiger charge is 2.24. The summed E-state index contributed by atoms with van der Waals surface area (Å²) in [7, 11) is 0. The fraction of sp³-hybridized carbons (Fsp3) is 0.562. The predicted molar refractivity (Wildman–Crippen MR) is 92.5 cm³/mol. The van der Waals surface area contributed by atoms with E-state index in [0.29, 0.717) is 0 Å². The van der Waals surface area contributed by atoms with E-state index in [1.807, 2.05) is 11.3 Å². The number of rotatable bonds is 5. The molecule has 0 saturated carbocycles. The number of hydrogen-bond acceptors (Lipinski definition) is 5. The van der Waals surface area contributed by atoms with Crippen molar-refractivity contribution in [1.82, 2.24) is 9.97 Å². The van der Waals surface area contributed by atoms with E-state index in [0.717, 1.165) is 47.3 Å². The number of primary amides is 1. The smallest absolute Gasteiger partial charge is 0.227 e. The van der Waals surface area contributed by atoms with E-state index < -0.39 is 0 Å². The number of carbonyl (C=O) groups excluding carboxylic acids is 1. The van der Waals surface area contributed by atoms with Gasteiger partial charge in [0.25, 0.3) is 0 Å². The molecule has 118 valence electrons. The molecule has 2 aromatic rings. The van der Waals surface area contributed by atoms with Crippen LogP contribution in [0.5, 0.6) is 0 Å². The van der Waals surface area contributed by atoms with Crippen LogP contribution in [-0.2, 0) is 24.1 Å². The molecule has 1 aliphatic rings. The highest BCUT2D eigenvalue weighted by atomic mass is 32.2. The molecule has 0 aliphatic heterocycles. The molecule has 0 spiro atoms. The lowest BCUT2D eigenvalue weighted by molar-refractivity contribution is -0.115. The molecule has 0 radical (unpaired) electrons. The second-order valence-electron chi connectivity index (χ2n) is 5.98. The lowest BCUT2D eigenvalue weighted by Gasteiger charge is -2.18. The van der Waals surface area contributed by atoms with E-state index in [2.05, 4.69) is 13.8 Å². The van der Waals surface area contributed by atoms with E-state index in [4.69, 9.17) is 15.7 Å². The van der Waals surface area contributed by atoms with Gasteiger partial charge in [0.15, 0.2) is 0 Å². The van der Waals surface area contributed by atoms with Crippen LogP contribution in [0.2, 0.25) is 0 Å².